The molecular weight excluding hydrogens is 789 g/mol. The Balaban J connectivity index is 0.000000139. The van der Waals surface area contributed by atoms with Crippen LogP contribution in [0, 0.1) is 0 Å². The Morgan fingerprint density at radius 2 is 1.07 bits per heavy atom. The average molecular weight is 832 g/mol. The smallest absolute Gasteiger partial charge is 0.137 e. The molecule has 4 aromatic heterocycles. The minimum absolute atomic E-state index is 0.792. The first-order chi connectivity index (χ1) is 28.8. The predicted molar refractivity (Wildman–Crippen MR) is 255 cm³/mol. The van der Waals surface area contributed by atoms with Gasteiger partial charge in [-0.15, -0.1) is 0 Å². The van der Waals surface area contributed by atoms with Crippen LogP contribution in [0.25, 0.3) is 66.4 Å². The Hall–Kier alpha value is -7.22. The molecule has 6 aromatic carbocycles. The molecule has 10 rings (SSSR count). The first kappa shape index (κ1) is 38.6. The minimum atomic E-state index is 0.792. The van der Waals surface area contributed by atoms with Gasteiger partial charge in [-0.25, -0.2) is 9.97 Å². The number of anilines is 3. The zero-order chi connectivity index (χ0) is 40.9. The molecule has 0 saturated heterocycles. The second kappa shape index (κ2) is 17.1. The van der Waals surface area contributed by atoms with Crippen molar-refractivity contribution >= 4 is 87.8 Å². The molecule has 4 heterocycles. The van der Waals surface area contributed by atoms with E-state index in [0.29, 0.717) is 0 Å². The molecule has 7 heteroatoms. The van der Waals surface area contributed by atoms with Gasteiger partial charge in [-0.05, 0) is 104 Å². The van der Waals surface area contributed by atoms with Crippen molar-refractivity contribution in [3.05, 3.63) is 211 Å². The zero-order valence-electron chi connectivity index (χ0n) is 33.0. The summed E-state index contributed by atoms with van der Waals surface area (Å²) in [7, 11) is 0. The molecule has 0 aliphatic rings. The number of rotatable bonds is 6. The SMILES string of the molecule is Brc1ccc2c3ccccc3n(-c3ccccn3)c2c1.C=C(C)c1cccc(N)c1.C=C(C)c1ccccc1Nc1ccc2c3ccccc3n(-c3ccccn3)c2c1. The van der Waals surface area contributed by atoms with E-state index >= 15 is 0 Å². The van der Waals surface area contributed by atoms with Crippen LogP contribution in [0.1, 0.15) is 25.0 Å². The molecular formula is C52H43BrN6. The van der Waals surface area contributed by atoms with Gasteiger partial charge in [-0.1, -0.05) is 126 Å². The highest BCUT2D eigenvalue weighted by atomic mass is 79.9. The molecule has 3 N–H and O–H groups in total. The topological polar surface area (TPSA) is 73.7 Å². The van der Waals surface area contributed by atoms with E-state index in [0.717, 1.165) is 66.5 Å². The number of nitrogen functional groups attached to an aromatic ring is 1. The third kappa shape index (κ3) is 8.15. The van der Waals surface area contributed by atoms with Crippen LogP contribution in [-0.2, 0) is 0 Å². The van der Waals surface area contributed by atoms with E-state index in [1.54, 1.807) is 0 Å². The van der Waals surface area contributed by atoms with Gasteiger partial charge < -0.3 is 11.1 Å². The fourth-order valence-corrected chi connectivity index (χ4v) is 7.73. The lowest BCUT2D eigenvalue weighted by Crippen LogP contribution is -1.98. The van der Waals surface area contributed by atoms with Crippen LogP contribution in [0.2, 0.25) is 0 Å². The molecule has 59 heavy (non-hydrogen) atoms. The Bertz CT molecular complexity index is 3110. The van der Waals surface area contributed by atoms with Crippen LogP contribution < -0.4 is 11.1 Å². The molecule has 0 atom stereocenters. The van der Waals surface area contributed by atoms with Gasteiger partial charge >= 0.3 is 0 Å². The summed E-state index contributed by atoms with van der Waals surface area (Å²) in [6.45, 7) is 11.9. The molecule has 10 aromatic rings. The lowest BCUT2D eigenvalue weighted by molar-refractivity contribution is 1.08. The predicted octanol–water partition coefficient (Wildman–Crippen LogP) is 14.2. The third-order valence-electron chi connectivity index (χ3n) is 10.1. The summed E-state index contributed by atoms with van der Waals surface area (Å²) in [5.41, 5.74) is 17.4. The van der Waals surface area contributed by atoms with Gasteiger partial charge in [0.15, 0.2) is 0 Å². The molecule has 0 spiro atoms. The number of hydrogen-bond acceptors (Lipinski definition) is 4. The number of nitrogens with zero attached hydrogens (tertiary/aromatic N) is 4. The molecule has 0 fully saturated rings. The van der Waals surface area contributed by atoms with E-state index in [2.05, 4.69) is 151 Å². The lowest BCUT2D eigenvalue weighted by Gasteiger charge is -2.13. The molecule has 0 aliphatic carbocycles. The summed E-state index contributed by atoms with van der Waals surface area (Å²) in [6.07, 6.45) is 3.66. The number of benzene rings is 6. The number of hydrogen-bond donors (Lipinski definition) is 2. The summed E-state index contributed by atoms with van der Waals surface area (Å²) >= 11 is 3.56. The normalized spacial score (nSPS) is 10.8. The van der Waals surface area contributed by atoms with Crippen LogP contribution in [-0.4, -0.2) is 19.1 Å². The third-order valence-corrected chi connectivity index (χ3v) is 10.6. The molecule has 0 radical (unpaired) electrons. The van der Waals surface area contributed by atoms with Crippen LogP contribution in [0.5, 0.6) is 0 Å². The summed E-state index contributed by atoms with van der Waals surface area (Å²) < 4.78 is 5.50. The number of allylic oxidation sites excluding steroid dienone is 2. The van der Waals surface area contributed by atoms with Crippen molar-refractivity contribution in [2.24, 2.45) is 0 Å². The van der Waals surface area contributed by atoms with Gasteiger partial charge in [0.25, 0.3) is 0 Å². The fourth-order valence-electron chi connectivity index (χ4n) is 7.38. The van der Waals surface area contributed by atoms with Gasteiger partial charge in [0.05, 0.1) is 22.1 Å². The van der Waals surface area contributed by atoms with Crippen molar-refractivity contribution < 1.29 is 0 Å². The number of aromatic nitrogens is 4. The number of halogens is 1. The van der Waals surface area contributed by atoms with E-state index < -0.39 is 0 Å². The second-order valence-electron chi connectivity index (χ2n) is 14.3. The van der Waals surface area contributed by atoms with E-state index in [1.165, 1.54) is 32.6 Å². The molecule has 0 aliphatic heterocycles. The highest BCUT2D eigenvalue weighted by Crippen LogP contribution is 2.35. The maximum atomic E-state index is 5.56. The maximum Gasteiger partial charge on any atom is 0.137 e. The van der Waals surface area contributed by atoms with Gasteiger partial charge in [0, 0.05) is 61.0 Å². The summed E-state index contributed by atoms with van der Waals surface area (Å²) in [5.74, 6) is 1.86. The Kier molecular flexibility index (Phi) is 11.2. The highest BCUT2D eigenvalue weighted by molar-refractivity contribution is 9.10. The van der Waals surface area contributed by atoms with Crippen molar-refractivity contribution in [2.75, 3.05) is 11.1 Å². The first-order valence-electron chi connectivity index (χ1n) is 19.3. The van der Waals surface area contributed by atoms with Crippen LogP contribution in [0.4, 0.5) is 17.1 Å². The van der Waals surface area contributed by atoms with E-state index in [9.17, 15) is 0 Å². The van der Waals surface area contributed by atoms with Crippen molar-refractivity contribution in [1.29, 1.82) is 0 Å². The Labute approximate surface area is 352 Å². The van der Waals surface area contributed by atoms with Crippen molar-refractivity contribution in [3.8, 4) is 11.6 Å². The molecule has 0 unspecified atom stereocenters. The van der Waals surface area contributed by atoms with Gasteiger partial charge in [-0.2, -0.15) is 0 Å². The molecule has 288 valence electrons. The fraction of sp³-hybridized carbons (Fsp3) is 0.0385. The number of nitrogens with two attached hydrogens (primary N) is 1. The zero-order valence-corrected chi connectivity index (χ0v) is 34.6. The number of para-hydroxylation sites is 3. The van der Waals surface area contributed by atoms with Crippen LogP contribution in [0.15, 0.2) is 200 Å². The lowest BCUT2D eigenvalue weighted by atomic mass is 10.1. The van der Waals surface area contributed by atoms with Gasteiger partial charge in [-0.3, -0.25) is 9.13 Å². The number of fused-ring (bicyclic) bond motifs is 6. The molecule has 0 bridgehead atoms. The van der Waals surface area contributed by atoms with E-state index in [4.69, 9.17) is 5.73 Å². The minimum Gasteiger partial charge on any atom is -0.399 e. The monoisotopic (exact) mass is 830 g/mol. The second-order valence-corrected chi connectivity index (χ2v) is 15.2. The first-order valence-corrected chi connectivity index (χ1v) is 20.1. The number of nitrogens with one attached hydrogen (secondary N) is 1. The molecule has 6 nitrogen and oxygen atoms in total. The molecule has 0 amide bonds. The van der Waals surface area contributed by atoms with Gasteiger partial charge in [0.1, 0.15) is 11.6 Å². The standard InChI is InChI=1S/C26H21N3.C17H11BrN2.C9H11N/c1-18(2)20-9-3-5-11-23(20)28-19-14-15-22-21-10-4-6-12-24(21)29(25(22)17-19)26-13-7-8-16-27-26;18-12-8-9-14-13-5-1-2-6-15(13)20(16(14)11-12)17-7-3-4-10-19-17;1-7(2)8-4-3-5-9(10)6-8/h3-17,28H,1H2,2H3;1-11H;3-6H,1,10H2,2H3. The Morgan fingerprint density at radius 3 is 1.63 bits per heavy atom. The van der Waals surface area contributed by atoms with Crippen molar-refractivity contribution in [2.45, 2.75) is 13.8 Å². The van der Waals surface area contributed by atoms with Crippen LogP contribution in [0.3, 0.4) is 0 Å². The summed E-state index contributed by atoms with van der Waals surface area (Å²) in [5, 5.41) is 8.51. The molecule has 0 saturated carbocycles. The van der Waals surface area contributed by atoms with Crippen molar-refractivity contribution in [1.82, 2.24) is 19.1 Å². The average Bonchev–Trinajstić information content (AvgIpc) is 3.77. The summed E-state index contributed by atoms with van der Waals surface area (Å²) in [6, 6.07) is 57.8. The van der Waals surface area contributed by atoms with E-state index in [-0.39, 0.29) is 0 Å². The maximum absolute atomic E-state index is 5.56. The van der Waals surface area contributed by atoms with Crippen LogP contribution >= 0.6 is 15.9 Å². The quantitative estimate of drug-likeness (QED) is 0.164. The van der Waals surface area contributed by atoms with Gasteiger partial charge in [0.2, 0.25) is 0 Å². The van der Waals surface area contributed by atoms with Crippen molar-refractivity contribution in [3.63, 3.8) is 0 Å². The Morgan fingerprint density at radius 1 is 0.525 bits per heavy atom. The summed E-state index contributed by atoms with van der Waals surface area (Å²) in [4.78, 5) is 9.10. The highest BCUT2D eigenvalue weighted by Gasteiger charge is 2.14. The largest absolute Gasteiger partial charge is 0.399 e. The number of pyridine rings is 2. The van der Waals surface area contributed by atoms with E-state index in [1.807, 2.05) is 99.0 Å².